The molecule has 1 N–H and O–H groups in total. The van der Waals surface area contributed by atoms with Crippen LogP contribution in [0.4, 0.5) is 10.1 Å². The molecule has 0 saturated carbocycles. The third kappa shape index (κ3) is 2.74. The van der Waals surface area contributed by atoms with Crippen molar-refractivity contribution in [2.75, 3.05) is 24.8 Å². The minimum absolute atomic E-state index is 0.330. The van der Waals surface area contributed by atoms with Crippen LogP contribution in [0.15, 0.2) is 29.2 Å². The van der Waals surface area contributed by atoms with Gasteiger partial charge in [0.15, 0.2) is 0 Å². The number of nitrogens with one attached hydrogen (secondary N) is 1. The van der Waals surface area contributed by atoms with Crippen molar-refractivity contribution in [1.82, 2.24) is 0 Å². The standard InChI is InChI=1S/C9H12FNS/c1-12-9-4-2-3-8(7-9)11-6-5-10/h2-4,7,11H,5-6H2,1H3. The average molecular weight is 185 g/mol. The van der Waals surface area contributed by atoms with E-state index in [2.05, 4.69) is 5.32 Å². The molecule has 0 unspecified atom stereocenters. The molecule has 0 saturated heterocycles. The van der Waals surface area contributed by atoms with Crippen molar-refractivity contribution in [3.05, 3.63) is 24.3 Å². The molecule has 0 aliphatic heterocycles. The lowest BCUT2D eigenvalue weighted by Gasteiger charge is -2.04. The van der Waals surface area contributed by atoms with Crippen LogP contribution in [-0.4, -0.2) is 19.5 Å². The maximum absolute atomic E-state index is 11.8. The van der Waals surface area contributed by atoms with Crippen LogP contribution in [0.25, 0.3) is 0 Å². The summed E-state index contributed by atoms with van der Waals surface area (Å²) < 4.78 is 11.8. The van der Waals surface area contributed by atoms with E-state index in [1.165, 1.54) is 4.90 Å². The molecule has 12 heavy (non-hydrogen) atoms. The highest BCUT2D eigenvalue weighted by Crippen LogP contribution is 2.18. The molecule has 1 aromatic rings. The van der Waals surface area contributed by atoms with Gasteiger partial charge in [0.25, 0.3) is 0 Å². The molecule has 3 heteroatoms. The van der Waals surface area contributed by atoms with Crippen molar-refractivity contribution >= 4 is 17.4 Å². The second-order valence-electron chi connectivity index (χ2n) is 2.35. The summed E-state index contributed by atoms with van der Waals surface area (Å²) >= 11 is 1.68. The lowest BCUT2D eigenvalue weighted by atomic mass is 10.3. The monoisotopic (exact) mass is 185 g/mol. The molecule has 0 radical (unpaired) electrons. The minimum Gasteiger partial charge on any atom is -0.382 e. The van der Waals surface area contributed by atoms with Crippen LogP contribution in [0.5, 0.6) is 0 Å². The number of hydrogen-bond acceptors (Lipinski definition) is 2. The smallest absolute Gasteiger partial charge is 0.107 e. The van der Waals surface area contributed by atoms with Crippen LogP contribution in [0.3, 0.4) is 0 Å². The Morgan fingerprint density at radius 1 is 1.50 bits per heavy atom. The highest BCUT2D eigenvalue weighted by molar-refractivity contribution is 7.98. The van der Waals surface area contributed by atoms with Gasteiger partial charge in [-0.05, 0) is 24.5 Å². The normalized spacial score (nSPS) is 9.83. The fraction of sp³-hybridized carbons (Fsp3) is 0.333. The van der Waals surface area contributed by atoms with Crippen LogP contribution in [0, 0.1) is 0 Å². The Balaban J connectivity index is 2.60. The van der Waals surface area contributed by atoms with Crippen LogP contribution in [-0.2, 0) is 0 Å². The predicted molar refractivity (Wildman–Crippen MR) is 52.7 cm³/mol. The Morgan fingerprint density at radius 2 is 2.33 bits per heavy atom. The summed E-state index contributed by atoms with van der Waals surface area (Å²) in [5.41, 5.74) is 0.986. The SMILES string of the molecule is CSc1cccc(NCCF)c1. The van der Waals surface area contributed by atoms with Crippen LogP contribution >= 0.6 is 11.8 Å². The van der Waals surface area contributed by atoms with Crippen molar-refractivity contribution in [1.29, 1.82) is 0 Å². The van der Waals surface area contributed by atoms with Crippen molar-refractivity contribution in [3.63, 3.8) is 0 Å². The van der Waals surface area contributed by atoms with Crippen LogP contribution in [0.1, 0.15) is 0 Å². The quantitative estimate of drug-likeness (QED) is 0.724. The summed E-state index contributed by atoms with van der Waals surface area (Å²) in [6.45, 7) is 0.0569. The molecule has 0 atom stereocenters. The average Bonchev–Trinajstić information content (AvgIpc) is 2.15. The molecule has 0 aliphatic rings. The fourth-order valence-corrected chi connectivity index (χ4v) is 1.38. The van der Waals surface area contributed by atoms with E-state index < -0.39 is 0 Å². The summed E-state index contributed by atoms with van der Waals surface area (Å²) in [5, 5.41) is 2.98. The zero-order valence-corrected chi connectivity index (χ0v) is 7.83. The Morgan fingerprint density at radius 3 is 3.00 bits per heavy atom. The topological polar surface area (TPSA) is 12.0 Å². The third-order valence-corrected chi connectivity index (χ3v) is 2.22. The van der Waals surface area contributed by atoms with Gasteiger partial charge in [-0.1, -0.05) is 6.07 Å². The van der Waals surface area contributed by atoms with Crippen molar-refractivity contribution in [2.24, 2.45) is 0 Å². The number of thioether (sulfide) groups is 1. The summed E-state index contributed by atoms with van der Waals surface area (Å²) in [5.74, 6) is 0. The molecule has 0 bridgehead atoms. The highest BCUT2D eigenvalue weighted by atomic mass is 32.2. The maximum atomic E-state index is 11.8. The van der Waals surface area contributed by atoms with Gasteiger partial charge in [0, 0.05) is 17.1 Å². The number of hydrogen-bond donors (Lipinski definition) is 1. The van der Waals surface area contributed by atoms with Crippen molar-refractivity contribution in [2.45, 2.75) is 4.90 Å². The summed E-state index contributed by atoms with van der Waals surface area (Å²) in [6.07, 6.45) is 2.02. The summed E-state index contributed by atoms with van der Waals surface area (Å²) in [6, 6.07) is 7.95. The summed E-state index contributed by atoms with van der Waals surface area (Å²) in [4.78, 5) is 1.19. The number of halogens is 1. The number of alkyl halides is 1. The van der Waals surface area contributed by atoms with Gasteiger partial charge in [-0.25, -0.2) is 4.39 Å². The molecule has 0 aliphatic carbocycles. The third-order valence-electron chi connectivity index (χ3n) is 1.49. The lowest BCUT2D eigenvalue weighted by Crippen LogP contribution is -2.02. The van der Waals surface area contributed by atoms with Gasteiger partial charge in [0.05, 0.1) is 0 Å². The molecule has 1 nitrogen and oxygen atoms in total. The Hall–Kier alpha value is -0.700. The molecule has 0 aromatic heterocycles. The van der Waals surface area contributed by atoms with E-state index in [4.69, 9.17) is 0 Å². The lowest BCUT2D eigenvalue weighted by molar-refractivity contribution is 0.513. The van der Waals surface area contributed by atoms with E-state index >= 15 is 0 Å². The zero-order chi connectivity index (χ0) is 8.81. The van der Waals surface area contributed by atoms with Crippen molar-refractivity contribution in [3.8, 4) is 0 Å². The number of rotatable bonds is 4. The second-order valence-corrected chi connectivity index (χ2v) is 3.23. The largest absolute Gasteiger partial charge is 0.382 e. The van der Waals surface area contributed by atoms with Gasteiger partial charge in [-0.2, -0.15) is 0 Å². The first-order chi connectivity index (χ1) is 5.86. The number of benzene rings is 1. The molecule has 1 aromatic carbocycles. The van der Waals surface area contributed by atoms with E-state index in [1.807, 2.05) is 30.5 Å². The van der Waals surface area contributed by atoms with E-state index in [-0.39, 0.29) is 6.67 Å². The van der Waals surface area contributed by atoms with Crippen LogP contribution < -0.4 is 5.32 Å². The zero-order valence-electron chi connectivity index (χ0n) is 7.01. The van der Waals surface area contributed by atoms with Gasteiger partial charge >= 0.3 is 0 Å². The molecule has 1 rings (SSSR count). The van der Waals surface area contributed by atoms with Gasteiger partial charge in [-0.3, -0.25) is 0 Å². The first-order valence-corrected chi connectivity index (χ1v) is 5.03. The fourth-order valence-electron chi connectivity index (χ4n) is 0.925. The van der Waals surface area contributed by atoms with E-state index in [0.29, 0.717) is 6.54 Å². The molecular formula is C9H12FNS. The minimum atomic E-state index is -0.330. The Kier molecular flexibility index (Phi) is 3.94. The first-order valence-electron chi connectivity index (χ1n) is 3.80. The van der Waals surface area contributed by atoms with E-state index in [0.717, 1.165) is 5.69 Å². The maximum Gasteiger partial charge on any atom is 0.107 e. The van der Waals surface area contributed by atoms with Gasteiger partial charge < -0.3 is 5.32 Å². The van der Waals surface area contributed by atoms with E-state index in [9.17, 15) is 4.39 Å². The predicted octanol–water partition coefficient (Wildman–Crippen LogP) is 2.79. The first kappa shape index (κ1) is 9.39. The molecule has 0 amide bonds. The van der Waals surface area contributed by atoms with E-state index in [1.54, 1.807) is 11.8 Å². The molecule has 0 spiro atoms. The molecule has 66 valence electrons. The molecule has 0 fully saturated rings. The Labute approximate surface area is 76.4 Å². The summed E-state index contributed by atoms with van der Waals surface area (Å²) in [7, 11) is 0. The molecule has 0 heterocycles. The highest BCUT2D eigenvalue weighted by Gasteiger charge is 1.92. The van der Waals surface area contributed by atoms with Crippen LogP contribution in [0.2, 0.25) is 0 Å². The van der Waals surface area contributed by atoms with Gasteiger partial charge in [-0.15, -0.1) is 11.8 Å². The molecular weight excluding hydrogens is 173 g/mol. The van der Waals surface area contributed by atoms with Gasteiger partial charge in [0.2, 0.25) is 0 Å². The second kappa shape index (κ2) is 5.04. The van der Waals surface area contributed by atoms with Crippen molar-refractivity contribution < 1.29 is 4.39 Å². The number of anilines is 1. The van der Waals surface area contributed by atoms with Gasteiger partial charge in [0.1, 0.15) is 6.67 Å². The Bertz CT molecular complexity index is 240.